The second kappa shape index (κ2) is 9.02. The minimum absolute atomic E-state index is 0.0440. The molecule has 1 aliphatic rings. The van der Waals surface area contributed by atoms with Crippen LogP contribution < -0.4 is 0 Å². The van der Waals surface area contributed by atoms with E-state index in [2.05, 4.69) is 10.00 Å². The summed E-state index contributed by atoms with van der Waals surface area (Å²) in [5, 5.41) is 21.7. The zero-order valence-electron chi connectivity index (χ0n) is 13.9. The molecule has 0 saturated carbocycles. The molecular weight excluding hydrogens is 308 g/mol. The van der Waals surface area contributed by atoms with Gasteiger partial charge in [-0.2, -0.15) is 15.6 Å². The van der Waals surface area contributed by atoms with Gasteiger partial charge < -0.3 is 9.64 Å². The number of morpholine rings is 1. The average molecular weight is 330 g/mol. The topological polar surface area (TPSA) is 98.2 Å². The number of hydrogen-bond acceptors (Lipinski definition) is 6. The number of aryl methyl sites for hydroxylation is 1. The third-order valence-corrected chi connectivity index (χ3v) is 3.89. The first kappa shape index (κ1) is 17.9. The summed E-state index contributed by atoms with van der Waals surface area (Å²) in [6.45, 7) is 5.34. The molecule has 8 heteroatoms. The van der Waals surface area contributed by atoms with Crippen LogP contribution in [0.1, 0.15) is 12.0 Å². The largest absolute Gasteiger partial charge is 0.374 e. The summed E-state index contributed by atoms with van der Waals surface area (Å²) in [4.78, 5) is 15.6. The molecule has 0 N–H and O–H groups in total. The lowest BCUT2D eigenvalue weighted by molar-refractivity contribution is -0.130. The summed E-state index contributed by atoms with van der Waals surface area (Å²) in [5.74, 6) is -0.163. The second-order valence-electron chi connectivity index (χ2n) is 5.85. The fourth-order valence-electron chi connectivity index (χ4n) is 2.68. The molecule has 0 bridgehead atoms. The monoisotopic (exact) mass is 330 g/mol. The first-order valence-electron chi connectivity index (χ1n) is 7.97. The van der Waals surface area contributed by atoms with Crippen molar-refractivity contribution in [2.45, 2.75) is 26.0 Å². The highest BCUT2D eigenvalue weighted by Gasteiger charge is 2.22. The highest BCUT2D eigenvalue weighted by atomic mass is 16.5. The fourth-order valence-corrected chi connectivity index (χ4v) is 2.68. The van der Waals surface area contributed by atoms with Gasteiger partial charge in [-0.25, -0.2) is 0 Å². The molecule has 0 radical (unpaired) electrons. The number of rotatable bonds is 7. The number of carbonyl (C=O) groups excluding carboxylic acids is 1. The van der Waals surface area contributed by atoms with Crippen LogP contribution in [0.25, 0.3) is 0 Å². The van der Waals surface area contributed by atoms with E-state index in [-0.39, 0.29) is 25.1 Å². The Morgan fingerprint density at radius 2 is 2.21 bits per heavy atom. The number of nitrogens with zero attached hydrogens (tertiary/aromatic N) is 6. The van der Waals surface area contributed by atoms with Gasteiger partial charge in [0.05, 0.1) is 37.6 Å². The minimum Gasteiger partial charge on any atom is -0.374 e. The van der Waals surface area contributed by atoms with Crippen molar-refractivity contribution in [2.75, 3.05) is 39.3 Å². The molecule has 128 valence electrons. The average Bonchev–Trinajstić information content (AvgIpc) is 2.97. The molecule has 1 aromatic rings. The predicted molar refractivity (Wildman–Crippen MR) is 85.6 cm³/mol. The van der Waals surface area contributed by atoms with E-state index in [0.717, 1.165) is 18.7 Å². The van der Waals surface area contributed by atoms with Gasteiger partial charge in [0, 0.05) is 32.3 Å². The molecule has 2 rings (SSSR count). The van der Waals surface area contributed by atoms with Crippen LogP contribution in [0.15, 0.2) is 12.4 Å². The van der Waals surface area contributed by atoms with E-state index in [9.17, 15) is 4.79 Å². The number of aromatic nitrogens is 2. The molecule has 1 aromatic heterocycles. The first-order chi connectivity index (χ1) is 11.6. The van der Waals surface area contributed by atoms with Crippen molar-refractivity contribution < 1.29 is 9.53 Å². The van der Waals surface area contributed by atoms with Crippen molar-refractivity contribution in [3.63, 3.8) is 0 Å². The molecular formula is C16H22N6O2. The van der Waals surface area contributed by atoms with Gasteiger partial charge in [0.25, 0.3) is 0 Å². The number of amides is 1. The van der Waals surface area contributed by atoms with E-state index in [1.54, 1.807) is 0 Å². The van der Waals surface area contributed by atoms with Crippen LogP contribution in [-0.2, 0) is 16.1 Å². The van der Waals surface area contributed by atoms with Crippen molar-refractivity contribution in [1.82, 2.24) is 19.6 Å². The van der Waals surface area contributed by atoms with Crippen molar-refractivity contribution in [1.29, 1.82) is 10.5 Å². The van der Waals surface area contributed by atoms with Crippen molar-refractivity contribution in [3.05, 3.63) is 18.0 Å². The Morgan fingerprint density at radius 3 is 2.83 bits per heavy atom. The van der Waals surface area contributed by atoms with E-state index in [1.807, 2.05) is 36.1 Å². The lowest BCUT2D eigenvalue weighted by Crippen LogP contribution is -2.45. The van der Waals surface area contributed by atoms with Gasteiger partial charge in [-0.05, 0) is 12.5 Å². The van der Waals surface area contributed by atoms with Crippen LogP contribution in [0.3, 0.4) is 0 Å². The van der Waals surface area contributed by atoms with Crippen molar-refractivity contribution in [3.8, 4) is 12.1 Å². The van der Waals surface area contributed by atoms with Crippen LogP contribution in [0.5, 0.6) is 0 Å². The predicted octanol–water partition coefficient (Wildman–Crippen LogP) is 0.158. The van der Waals surface area contributed by atoms with Gasteiger partial charge in [0.2, 0.25) is 5.91 Å². The molecule has 1 amide bonds. The molecule has 8 nitrogen and oxygen atoms in total. The van der Waals surface area contributed by atoms with E-state index >= 15 is 0 Å². The Labute approximate surface area is 141 Å². The third kappa shape index (κ3) is 5.34. The van der Waals surface area contributed by atoms with Crippen molar-refractivity contribution >= 4 is 5.91 Å². The van der Waals surface area contributed by atoms with Gasteiger partial charge >= 0.3 is 0 Å². The zero-order chi connectivity index (χ0) is 17.4. The van der Waals surface area contributed by atoms with Gasteiger partial charge in [-0.15, -0.1) is 0 Å². The van der Waals surface area contributed by atoms with Gasteiger partial charge in [-0.1, -0.05) is 0 Å². The molecule has 0 aromatic carbocycles. The second-order valence-corrected chi connectivity index (χ2v) is 5.85. The molecule has 0 spiro atoms. The quantitative estimate of drug-likeness (QED) is 0.660. The van der Waals surface area contributed by atoms with E-state index in [0.29, 0.717) is 26.1 Å². The van der Waals surface area contributed by atoms with Crippen LogP contribution in [0, 0.1) is 29.6 Å². The van der Waals surface area contributed by atoms with Crippen LogP contribution >= 0.6 is 0 Å². The Balaban J connectivity index is 1.79. The standard InChI is InChI=1S/C16H22N6O2/c1-14-10-19-22(11-14)13-15-12-20(8-9-24-15)5-2-16(23)21(6-3-17)7-4-18/h10-11,15H,2,5-9,12-13H2,1H3. The van der Waals surface area contributed by atoms with Crippen molar-refractivity contribution in [2.24, 2.45) is 0 Å². The highest BCUT2D eigenvalue weighted by molar-refractivity contribution is 5.76. The first-order valence-corrected chi connectivity index (χ1v) is 7.97. The molecule has 2 heterocycles. The summed E-state index contributed by atoms with van der Waals surface area (Å²) in [6.07, 6.45) is 4.14. The molecule has 1 unspecified atom stereocenters. The van der Waals surface area contributed by atoms with E-state index < -0.39 is 0 Å². The maximum absolute atomic E-state index is 12.1. The third-order valence-electron chi connectivity index (χ3n) is 3.89. The normalized spacial score (nSPS) is 17.9. The summed E-state index contributed by atoms with van der Waals surface area (Å²) in [7, 11) is 0. The molecule has 1 atom stereocenters. The summed E-state index contributed by atoms with van der Waals surface area (Å²) in [5.41, 5.74) is 1.11. The van der Waals surface area contributed by atoms with Crippen LogP contribution in [0.4, 0.5) is 0 Å². The Kier molecular flexibility index (Phi) is 6.74. The zero-order valence-corrected chi connectivity index (χ0v) is 13.9. The molecule has 24 heavy (non-hydrogen) atoms. The lowest BCUT2D eigenvalue weighted by Gasteiger charge is -2.33. The van der Waals surface area contributed by atoms with Gasteiger partial charge in [0.15, 0.2) is 0 Å². The van der Waals surface area contributed by atoms with Crippen LogP contribution in [0.2, 0.25) is 0 Å². The molecule has 1 saturated heterocycles. The molecule has 1 fully saturated rings. The smallest absolute Gasteiger partial charge is 0.225 e. The minimum atomic E-state index is -0.163. The highest BCUT2D eigenvalue weighted by Crippen LogP contribution is 2.09. The van der Waals surface area contributed by atoms with E-state index in [4.69, 9.17) is 15.3 Å². The Bertz CT molecular complexity index is 613. The van der Waals surface area contributed by atoms with Crippen LogP contribution in [-0.4, -0.2) is 70.9 Å². The molecule has 0 aliphatic carbocycles. The number of nitriles is 2. The maximum atomic E-state index is 12.1. The number of hydrogen-bond donors (Lipinski definition) is 0. The SMILES string of the molecule is Cc1cnn(CC2CN(CCC(=O)N(CC#N)CC#N)CCO2)c1. The summed E-state index contributed by atoms with van der Waals surface area (Å²) < 4.78 is 7.64. The lowest BCUT2D eigenvalue weighted by atomic mass is 10.2. The fraction of sp³-hybridized carbons (Fsp3) is 0.625. The molecule has 1 aliphatic heterocycles. The number of ether oxygens (including phenoxy) is 1. The Morgan fingerprint density at radius 1 is 1.46 bits per heavy atom. The van der Waals surface area contributed by atoms with Gasteiger partial charge in [0.1, 0.15) is 13.1 Å². The summed E-state index contributed by atoms with van der Waals surface area (Å²) >= 11 is 0. The van der Waals surface area contributed by atoms with E-state index in [1.165, 1.54) is 4.90 Å². The van der Waals surface area contributed by atoms with Gasteiger partial charge in [-0.3, -0.25) is 14.4 Å². The Hall–Kier alpha value is -2.42. The number of carbonyl (C=O) groups is 1. The summed E-state index contributed by atoms with van der Waals surface area (Å²) in [6, 6.07) is 3.84. The maximum Gasteiger partial charge on any atom is 0.225 e.